The fourth-order valence-corrected chi connectivity index (χ4v) is 3.73. The fraction of sp³-hybridized carbons (Fsp3) is 0.450. The summed E-state index contributed by atoms with van der Waals surface area (Å²) in [5.74, 6) is 3.41. The Bertz CT molecular complexity index is 823. The molecule has 1 aliphatic carbocycles. The van der Waals surface area contributed by atoms with Crippen molar-refractivity contribution in [1.82, 2.24) is 14.9 Å². The van der Waals surface area contributed by atoms with Crippen molar-refractivity contribution in [3.05, 3.63) is 30.1 Å². The molecule has 128 valence electrons. The van der Waals surface area contributed by atoms with E-state index in [1.165, 1.54) is 5.71 Å². The first-order valence-electron chi connectivity index (χ1n) is 8.93. The third-order valence-electron chi connectivity index (χ3n) is 5.14. The van der Waals surface area contributed by atoms with Gasteiger partial charge < -0.3 is 4.74 Å². The lowest BCUT2D eigenvalue weighted by Crippen LogP contribution is -2.45. The van der Waals surface area contributed by atoms with E-state index < -0.39 is 0 Å². The molecule has 2 heterocycles. The van der Waals surface area contributed by atoms with Crippen LogP contribution in [0.25, 0.3) is 10.9 Å². The van der Waals surface area contributed by atoms with Crippen LogP contribution in [0.15, 0.2) is 29.5 Å². The van der Waals surface area contributed by atoms with Gasteiger partial charge in [0.05, 0.1) is 18.7 Å². The highest BCUT2D eigenvalue weighted by Crippen LogP contribution is 2.27. The summed E-state index contributed by atoms with van der Waals surface area (Å²) >= 11 is 0. The van der Waals surface area contributed by atoms with Crippen molar-refractivity contribution in [1.29, 1.82) is 0 Å². The smallest absolute Gasteiger partial charge is 0.163 e. The second kappa shape index (κ2) is 7.30. The van der Waals surface area contributed by atoms with E-state index >= 15 is 0 Å². The fourth-order valence-electron chi connectivity index (χ4n) is 3.73. The highest BCUT2D eigenvalue weighted by molar-refractivity contribution is 5.94. The van der Waals surface area contributed by atoms with Gasteiger partial charge in [-0.05, 0) is 43.9 Å². The molecule has 5 heteroatoms. The minimum Gasteiger partial charge on any atom is -0.379 e. The Kier molecular flexibility index (Phi) is 4.73. The summed E-state index contributed by atoms with van der Waals surface area (Å²) in [6.07, 6.45) is 11.5. The molecule has 4 rings (SSSR count). The zero-order valence-corrected chi connectivity index (χ0v) is 14.3. The molecule has 1 aromatic heterocycles. The zero-order chi connectivity index (χ0) is 17.1. The van der Waals surface area contributed by atoms with E-state index in [1.807, 2.05) is 18.2 Å². The van der Waals surface area contributed by atoms with Gasteiger partial charge in [-0.3, -0.25) is 4.90 Å². The van der Waals surface area contributed by atoms with E-state index in [2.05, 4.69) is 20.8 Å². The molecule has 2 fully saturated rings. The molecule has 0 radical (unpaired) electrons. The number of morpholine rings is 1. The average molecular weight is 334 g/mol. The van der Waals surface area contributed by atoms with Gasteiger partial charge in [0.15, 0.2) is 5.82 Å². The molecule has 0 amide bonds. The summed E-state index contributed by atoms with van der Waals surface area (Å²) in [6.45, 7) is 3.84. The maximum Gasteiger partial charge on any atom is 0.163 e. The number of benzene rings is 1. The lowest BCUT2D eigenvalue weighted by Gasteiger charge is -2.36. The maximum atomic E-state index is 5.52. The van der Waals surface area contributed by atoms with Crippen LogP contribution in [0.2, 0.25) is 0 Å². The molecule has 0 unspecified atom stereocenters. The third kappa shape index (κ3) is 3.55. The third-order valence-corrected chi connectivity index (χ3v) is 5.14. The predicted octanol–water partition coefficient (Wildman–Crippen LogP) is 2.96. The molecule has 0 N–H and O–H groups in total. The SMILES string of the molecule is C#Cc1ccc2ncnc(N=C3CCC(N4CCOCC4)CC3)c2c1. The van der Waals surface area contributed by atoms with Crippen molar-refractivity contribution >= 4 is 22.4 Å². The normalized spacial score (nSPS) is 21.9. The summed E-state index contributed by atoms with van der Waals surface area (Å²) in [7, 11) is 0. The summed E-state index contributed by atoms with van der Waals surface area (Å²) in [4.78, 5) is 16.1. The summed E-state index contributed by atoms with van der Waals surface area (Å²) in [6, 6.07) is 6.46. The second-order valence-electron chi connectivity index (χ2n) is 6.63. The van der Waals surface area contributed by atoms with E-state index in [-0.39, 0.29) is 0 Å². The highest BCUT2D eigenvalue weighted by Gasteiger charge is 2.25. The number of nitrogens with zero attached hydrogens (tertiary/aromatic N) is 4. The van der Waals surface area contributed by atoms with Crippen LogP contribution in [-0.2, 0) is 4.74 Å². The topological polar surface area (TPSA) is 50.6 Å². The molecule has 1 saturated carbocycles. The predicted molar refractivity (Wildman–Crippen MR) is 99.2 cm³/mol. The van der Waals surface area contributed by atoms with Gasteiger partial charge in [-0.1, -0.05) is 5.92 Å². The molecular formula is C20H22N4O. The Balaban J connectivity index is 1.52. The van der Waals surface area contributed by atoms with Crippen LogP contribution in [0.1, 0.15) is 31.2 Å². The standard InChI is InChI=1S/C20H22N4O/c1-2-15-3-8-19-18(13-15)20(22-14-21-19)23-16-4-6-17(7-5-16)24-9-11-25-12-10-24/h1,3,8,13-14,17H,4-7,9-12H2. The second-order valence-corrected chi connectivity index (χ2v) is 6.63. The van der Waals surface area contributed by atoms with Gasteiger partial charge in [-0.2, -0.15) is 0 Å². The van der Waals surface area contributed by atoms with Crippen molar-refractivity contribution in [2.75, 3.05) is 26.3 Å². The molecule has 0 spiro atoms. The largest absolute Gasteiger partial charge is 0.379 e. The minimum absolute atomic E-state index is 0.665. The molecule has 25 heavy (non-hydrogen) atoms. The number of terminal acetylenes is 1. The Morgan fingerprint density at radius 1 is 1.16 bits per heavy atom. The molecule has 0 bridgehead atoms. The molecule has 1 aromatic carbocycles. The van der Waals surface area contributed by atoms with Gasteiger partial charge in [0.1, 0.15) is 6.33 Å². The van der Waals surface area contributed by atoms with E-state index in [1.54, 1.807) is 6.33 Å². The van der Waals surface area contributed by atoms with Gasteiger partial charge in [-0.15, -0.1) is 6.42 Å². The van der Waals surface area contributed by atoms with Gasteiger partial charge in [-0.25, -0.2) is 15.0 Å². The highest BCUT2D eigenvalue weighted by atomic mass is 16.5. The molecule has 1 aliphatic heterocycles. The van der Waals surface area contributed by atoms with Crippen LogP contribution in [0.5, 0.6) is 0 Å². The molecule has 0 atom stereocenters. The zero-order valence-electron chi connectivity index (χ0n) is 14.3. The summed E-state index contributed by atoms with van der Waals surface area (Å²) in [5.41, 5.74) is 2.95. The summed E-state index contributed by atoms with van der Waals surface area (Å²) < 4.78 is 5.46. The molecule has 1 saturated heterocycles. The van der Waals surface area contributed by atoms with Crippen molar-refractivity contribution < 1.29 is 4.74 Å². The van der Waals surface area contributed by atoms with Crippen molar-refractivity contribution in [2.24, 2.45) is 4.99 Å². The minimum atomic E-state index is 0.665. The van der Waals surface area contributed by atoms with E-state index in [0.717, 1.165) is 74.3 Å². The van der Waals surface area contributed by atoms with Crippen LogP contribution in [0.3, 0.4) is 0 Å². The number of hydrogen-bond donors (Lipinski definition) is 0. The number of hydrogen-bond acceptors (Lipinski definition) is 5. The molecule has 2 aliphatic rings. The van der Waals surface area contributed by atoms with Crippen molar-refractivity contribution in [3.8, 4) is 12.3 Å². The van der Waals surface area contributed by atoms with Gasteiger partial charge >= 0.3 is 0 Å². The maximum absolute atomic E-state index is 5.52. The number of aromatic nitrogens is 2. The first-order chi connectivity index (χ1) is 12.3. The van der Waals surface area contributed by atoms with E-state index in [9.17, 15) is 0 Å². The number of aliphatic imine (C=N–C) groups is 1. The first kappa shape index (κ1) is 16.2. The lowest BCUT2D eigenvalue weighted by atomic mass is 9.92. The van der Waals surface area contributed by atoms with Gasteiger partial charge in [0.25, 0.3) is 0 Å². The Hall–Kier alpha value is -2.29. The van der Waals surface area contributed by atoms with Crippen LogP contribution in [0.4, 0.5) is 5.82 Å². The van der Waals surface area contributed by atoms with Crippen molar-refractivity contribution in [2.45, 2.75) is 31.7 Å². The first-order valence-corrected chi connectivity index (χ1v) is 8.93. The average Bonchev–Trinajstić information content (AvgIpc) is 2.69. The number of ether oxygens (including phenoxy) is 1. The number of fused-ring (bicyclic) bond motifs is 1. The molecule has 5 nitrogen and oxygen atoms in total. The van der Waals surface area contributed by atoms with Crippen LogP contribution in [-0.4, -0.2) is 52.9 Å². The molecule has 2 aromatic rings. The molecular weight excluding hydrogens is 312 g/mol. The Labute approximate surface area is 148 Å². The number of rotatable bonds is 2. The van der Waals surface area contributed by atoms with Crippen LogP contribution in [0, 0.1) is 12.3 Å². The van der Waals surface area contributed by atoms with Crippen LogP contribution >= 0.6 is 0 Å². The van der Waals surface area contributed by atoms with E-state index in [4.69, 9.17) is 16.2 Å². The summed E-state index contributed by atoms with van der Waals surface area (Å²) in [5, 5.41) is 0.931. The van der Waals surface area contributed by atoms with E-state index in [0.29, 0.717) is 6.04 Å². The van der Waals surface area contributed by atoms with Gasteiger partial charge in [0.2, 0.25) is 0 Å². The van der Waals surface area contributed by atoms with Crippen molar-refractivity contribution in [3.63, 3.8) is 0 Å². The monoisotopic (exact) mass is 334 g/mol. The Morgan fingerprint density at radius 3 is 2.72 bits per heavy atom. The lowest BCUT2D eigenvalue weighted by molar-refractivity contribution is 0.0125. The Morgan fingerprint density at radius 2 is 1.96 bits per heavy atom. The van der Waals surface area contributed by atoms with Gasteiger partial charge in [0, 0.05) is 35.8 Å². The quantitative estimate of drug-likeness (QED) is 0.792. The van der Waals surface area contributed by atoms with Crippen LogP contribution < -0.4 is 0 Å².